The highest BCUT2D eigenvalue weighted by Crippen LogP contribution is 2.40. The molecule has 2 nitrogen and oxygen atoms in total. The van der Waals surface area contributed by atoms with Crippen molar-refractivity contribution in [3.05, 3.63) is 212 Å². The maximum absolute atomic E-state index is 6.31. The third-order valence-electron chi connectivity index (χ3n) is 10.5. The van der Waals surface area contributed by atoms with Gasteiger partial charge in [-0.2, -0.15) is 0 Å². The molecule has 0 aliphatic carbocycles. The van der Waals surface area contributed by atoms with Crippen LogP contribution in [0.25, 0.3) is 77.2 Å². The van der Waals surface area contributed by atoms with Gasteiger partial charge in [0.2, 0.25) is 0 Å². The molecule has 54 heavy (non-hydrogen) atoms. The summed E-state index contributed by atoms with van der Waals surface area (Å²) >= 11 is 0. The van der Waals surface area contributed by atoms with E-state index in [1.54, 1.807) is 0 Å². The van der Waals surface area contributed by atoms with Gasteiger partial charge in [-0.05, 0) is 110 Å². The number of rotatable bonds is 7. The van der Waals surface area contributed by atoms with Gasteiger partial charge in [0.15, 0.2) is 0 Å². The van der Waals surface area contributed by atoms with E-state index in [0.29, 0.717) is 0 Å². The summed E-state index contributed by atoms with van der Waals surface area (Å²) < 4.78 is 6.31. The van der Waals surface area contributed by atoms with Crippen molar-refractivity contribution in [3.63, 3.8) is 0 Å². The summed E-state index contributed by atoms with van der Waals surface area (Å²) in [6.07, 6.45) is 0. The highest BCUT2D eigenvalue weighted by Gasteiger charge is 2.16. The zero-order chi connectivity index (χ0) is 35.8. The maximum atomic E-state index is 6.31. The Labute approximate surface area is 314 Å². The molecule has 254 valence electrons. The zero-order valence-corrected chi connectivity index (χ0v) is 29.6. The summed E-state index contributed by atoms with van der Waals surface area (Å²) in [7, 11) is 0. The molecule has 10 rings (SSSR count). The minimum Gasteiger partial charge on any atom is -0.456 e. The van der Waals surface area contributed by atoms with Crippen LogP contribution in [0.4, 0.5) is 17.1 Å². The second-order valence-electron chi connectivity index (χ2n) is 13.8. The van der Waals surface area contributed by atoms with Gasteiger partial charge in [0, 0.05) is 27.8 Å². The van der Waals surface area contributed by atoms with Gasteiger partial charge < -0.3 is 9.32 Å². The van der Waals surface area contributed by atoms with Gasteiger partial charge in [0.05, 0.1) is 0 Å². The lowest BCUT2D eigenvalue weighted by atomic mass is 9.99. The number of hydrogen-bond acceptors (Lipinski definition) is 2. The number of fused-ring (bicyclic) bond motifs is 4. The van der Waals surface area contributed by atoms with Gasteiger partial charge in [-0.25, -0.2) is 0 Å². The Balaban J connectivity index is 1.05. The lowest BCUT2D eigenvalue weighted by Gasteiger charge is -2.26. The number of nitrogens with zero attached hydrogens (tertiary/aromatic N) is 1. The smallest absolute Gasteiger partial charge is 0.136 e. The number of hydrogen-bond donors (Lipinski definition) is 0. The minimum atomic E-state index is 0.899. The van der Waals surface area contributed by atoms with Crippen molar-refractivity contribution in [1.29, 1.82) is 0 Å². The third kappa shape index (κ3) is 5.90. The highest BCUT2D eigenvalue weighted by atomic mass is 16.3. The van der Waals surface area contributed by atoms with Gasteiger partial charge in [-0.1, -0.05) is 158 Å². The average molecular weight is 690 g/mol. The Hall–Kier alpha value is -7.16. The Morgan fingerprint density at radius 3 is 1.37 bits per heavy atom. The van der Waals surface area contributed by atoms with Crippen LogP contribution in [-0.4, -0.2) is 0 Å². The first-order chi connectivity index (χ1) is 26.7. The fourth-order valence-corrected chi connectivity index (χ4v) is 7.64. The molecule has 0 fully saturated rings. The molecule has 0 aliphatic heterocycles. The summed E-state index contributed by atoms with van der Waals surface area (Å²) in [4.78, 5) is 2.35. The van der Waals surface area contributed by atoms with Gasteiger partial charge in [0.25, 0.3) is 0 Å². The summed E-state index contributed by atoms with van der Waals surface area (Å²) in [5, 5.41) is 4.59. The van der Waals surface area contributed by atoms with Crippen LogP contribution in [0.1, 0.15) is 0 Å². The van der Waals surface area contributed by atoms with Crippen LogP contribution in [0.15, 0.2) is 217 Å². The van der Waals surface area contributed by atoms with Gasteiger partial charge in [-0.15, -0.1) is 0 Å². The van der Waals surface area contributed by atoms with Crippen LogP contribution in [-0.2, 0) is 0 Å². The molecular formula is C52H35NO. The number of para-hydroxylation sites is 1. The van der Waals surface area contributed by atoms with Crippen LogP contribution in [0.2, 0.25) is 0 Å². The van der Waals surface area contributed by atoms with Crippen molar-refractivity contribution in [2.45, 2.75) is 0 Å². The monoisotopic (exact) mass is 689 g/mol. The summed E-state index contributed by atoms with van der Waals surface area (Å²) in [5.41, 5.74) is 14.6. The highest BCUT2D eigenvalue weighted by molar-refractivity contribution is 6.10. The molecule has 1 aromatic heterocycles. The van der Waals surface area contributed by atoms with Gasteiger partial charge in [0.1, 0.15) is 11.2 Å². The molecule has 1 heterocycles. The number of benzene rings is 9. The summed E-state index contributed by atoms with van der Waals surface area (Å²) in [6, 6.07) is 75.9. The first-order valence-corrected chi connectivity index (χ1v) is 18.4. The molecule has 0 spiro atoms. The minimum absolute atomic E-state index is 0.899. The van der Waals surface area contributed by atoms with Crippen molar-refractivity contribution >= 4 is 49.8 Å². The van der Waals surface area contributed by atoms with Crippen molar-refractivity contribution in [2.75, 3.05) is 4.90 Å². The molecule has 0 saturated heterocycles. The molecule has 0 saturated carbocycles. The second-order valence-corrected chi connectivity index (χ2v) is 13.8. The molecule has 10 aromatic rings. The van der Waals surface area contributed by atoms with Crippen LogP contribution in [0, 0.1) is 0 Å². The van der Waals surface area contributed by atoms with Crippen LogP contribution in [0.5, 0.6) is 0 Å². The SMILES string of the molecule is c1ccc(-c2ccc(-c3ccc(N(c4cccc(-c5ccc(-c6ccccc6)cc5)c4)c4ccc5cc6c(cc5c4)oc4ccccc46)cc3)cc2)cc1. The van der Waals surface area contributed by atoms with Gasteiger partial charge in [-0.3, -0.25) is 0 Å². The Kier molecular flexibility index (Phi) is 7.85. The molecule has 0 N–H and O–H groups in total. The molecule has 0 aliphatic rings. The van der Waals surface area contributed by atoms with E-state index in [0.717, 1.165) is 50.0 Å². The molecule has 0 atom stereocenters. The van der Waals surface area contributed by atoms with E-state index in [1.807, 2.05) is 12.1 Å². The van der Waals surface area contributed by atoms with Gasteiger partial charge >= 0.3 is 0 Å². The van der Waals surface area contributed by atoms with Crippen LogP contribution >= 0.6 is 0 Å². The van der Waals surface area contributed by atoms with E-state index < -0.39 is 0 Å². The molecular weight excluding hydrogens is 655 g/mol. The maximum Gasteiger partial charge on any atom is 0.136 e. The average Bonchev–Trinajstić information content (AvgIpc) is 3.61. The number of furan rings is 1. The zero-order valence-electron chi connectivity index (χ0n) is 29.6. The van der Waals surface area contributed by atoms with E-state index >= 15 is 0 Å². The van der Waals surface area contributed by atoms with Crippen molar-refractivity contribution in [3.8, 4) is 44.5 Å². The molecule has 0 amide bonds. The van der Waals surface area contributed by atoms with Crippen molar-refractivity contribution in [2.24, 2.45) is 0 Å². The first-order valence-electron chi connectivity index (χ1n) is 18.4. The molecule has 0 radical (unpaired) electrons. The predicted molar refractivity (Wildman–Crippen MR) is 228 cm³/mol. The standard InChI is InChI=1S/C52H35NO/c1-3-10-36(11-4-1)38-18-20-40(21-19-38)41-26-29-46(30-27-41)53(47-15-9-14-43(32-47)42-24-22-39(23-25-42)37-12-5-2-6-13-37)48-31-28-44-34-50-49-16-7-8-17-51(49)54-52(50)35-45(44)33-48/h1-35H. The quantitative estimate of drug-likeness (QED) is 0.166. The van der Waals surface area contributed by atoms with Crippen molar-refractivity contribution < 1.29 is 4.42 Å². The van der Waals surface area contributed by atoms with Crippen LogP contribution in [0.3, 0.4) is 0 Å². The third-order valence-corrected chi connectivity index (χ3v) is 10.5. The van der Waals surface area contributed by atoms with Crippen LogP contribution < -0.4 is 4.90 Å². The Morgan fingerprint density at radius 1 is 0.259 bits per heavy atom. The normalized spacial score (nSPS) is 11.3. The lowest BCUT2D eigenvalue weighted by Crippen LogP contribution is -2.10. The lowest BCUT2D eigenvalue weighted by molar-refractivity contribution is 0.669. The molecule has 9 aromatic carbocycles. The first kappa shape index (κ1) is 31.6. The van der Waals surface area contributed by atoms with E-state index in [-0.39, 0.29) is 0 Å². The fourth-order valence-electron chi connectivity index (χ4n) is 7.64. The predicted octanol–water partition coefficient (Wildman–Crippen LogP) is 14.9. The second kappa shape index (κ2) is 13.4. The van der Waals surface area contributed by atoms with E-state index in [2.05, 4.69) is 205 Å². The summed E-state index contributed by atoms with van der Waals surface area (Å²) in [5.74, 6) is 0. The Morgan fingerprint density at radius 2 is 0.741 bits per heavy atom. The van der Waals surface area contributed by atoms with E-state index in [4.69, 9.17) is 4.42 Å². The molecule has 0 bridgehead atoms. The number of anilines is 3. The van der Waals surface area contributed by atoms with Crippen molar-refractivity contribution in [1.82, 2.24) is 0 Å². The van der Waals surface area contributed by atoms with E-state index in [1.165, 1.54) is 44.3 Å². The topological polar surface area (TPSA) is 16.4 Å². The fraction of sp³-hybridized carbons (Fsp3) is 0. The summed E-state index contributed by atoms with van der Waals surface area (Å²) in [6.45, 7) is 0. The Bertz CT molecular complexity index is 2890. The molecule has 0 unspecified atom stereocenters. The molecule has 2 heteroatoms. The van der Waals surface area contributed by atoms with E-state index in [9.17, 15) is 0 Å². The largest absolute Gasteiger partial charge is 0.456 e.